The molecule has 0 spiro atoms. The zero-order valence-electron chi connectivity index (χ0n) is 12.7. The maximum Gasteiger partial charge on any atom is 0.191 e. The fraction of sp³-hybridized carbons (Fsp3) is 0.125. The summed E-state index contributed by atoms with van der Waals surface area (Å²) < 4.78 is 11.5. The van der Waals surface area contributed by atoms with Crippen LogP contribution in [-0.2, 0) is 0 Å². The number of methoxy groups -OCH3 is 2. The first kappa shape index (κ1) is 17.2. The molecule has 0 saturated carbocycles. The summed E-state index contributed by atoms with van der Waals surface area (Å²) in [5, 5.41) is 7.51. The molecular weight excluding hydrogens is 378 g/mol. The smallest absolute Gasteiger partial charge is 0.191 e. The van der Waals surface area contributed by atoms with Crippen molar-refractivity contribution < 1.29 is 9.47 Å². The number of hydrazone groups is 1. The Morgan fingerprint density at radius 1 is 1.13 bits per heavy atom. The number of hydrogen-bond acceptors (Lipinski definition) is 4. The van der Waals surface area contributed by atoms with E-state index in [0.29, 0.717) is 10.9 Å². The Kier molecular flexibility index (Phi) is 6.37. The summed E-state index contributed by atoms with van der Waals surface area (Å²) in [7, 11) is 3.22. The van der Waals surface area contributed by atoms with Gasteiger partial charge in [-0.2, -0.15) is 5.10 Å². The van der Waals surface area contributed by atoms with Gasteiger partial charge in [0.25, 0.3) is 0 Å². The molecule has 5 nitrogen and oxygen atoms in total. The van der Waals surface area contributed by atoms with Crippen molar-refractivity contribution in [2.24, 2.45) is 5.10 Å². The number of anilines is 1. The van der Waals surface area contributed by atoms with Crippen molar-refractivity contribution in [3.05, 3.63) is 52.5 Å². The summed E-state index contributed by atoms with van der Waals surface area (Å²) >= 11 is 8.63. The third-order valence-electron chi connectivity index (χ3n) is 2.92. The summed E-state index contributed by atoms with van der Waals surface area (Å²) in [6.07, 6.45) is 1.64. The lowest BCUT2D eigenvalue weighted by Crippen LogP contribution is -2.24. The quantitative estimate of drug-likeness (QED) is 0.459. The van der Waals surface area contributed by atoms with Gasteiger partial charge in [0.2, 0.25) is 0 Å². The molecule has 2 aromatic rings. The first-order valence-corrected chi connectivity index (χ1v) is 7.90. The van der Waals surface area contributed by atoms with Crippen LogP contribution in [0.4, 0.5) is 5.69 Å². The van der Waals surface area contributed by atoms with Gasteiger partial charge in [-0.25, -0.2) is 0 Å². The zero-order valence-corrected chi connectivity index (χ0v) is 15.1. The number of halogens is 1. The van der Waals surface area contributed by atoms with Crippen LogP contribution in [0, 0.1) is 0 Å². The summed E-state index contributed by atoms with van der Waals surface area (Å²) in [4.78, 5) is 0. The van der Waals surface area contributed by atoms with Gasteiger partial charge >= 0.3 is 0 Å². The van der Waals surface area contributed by atoms with Crippen LogP contribution >= 0.6 is 28.1 Å². The van der Waals surface area contributed by atoms with Gasteiger partial charge < -0.3 is 14.8 Å². The average Bonchev–Trinajstić information content (AvgIpc) is 2.55. The minimum Gasteiger partial charge on any atom is -0.496 e. The highest BCUT2D eigenvalue weighted by molar-refractivity contribution is 9.10. The van der Waals surface area contributed by atoms with E-state index < -0.39 is 0 Å². The van der Waals surface area contributed by atoms with Crippen molar-refractivity contribution in [1.82, 2.24) is 5.43 Å². The monoisotopic (exact) mass is 393 g/mol. The molecule has 0 aliphatic rings. The Morgan fingerprint density at radius 3 is 2.61 bits per heavy atom. The SMILES string of the molecule is COc1ccc(Br)cc1/C=N\NC(=S)Nc1ccccc1OC. The molecule has 120 valence electrons. The number of hydrogen-bond donors (Lipinski definition) is 2. The second kappa shape index (κ2) is 8.50. The van der Waals surface area contributed by atoms with Crippen molar-refractivity contribution in [2.75, 3.05) is 19.5 Å². The number of ether oxygens (including phenoxy) is 2. The minimum atomic E-state index is 0.361. The van der Waals surface area contributed by atoms with Gasteiger partial charge in [0.05, 0.1) is 26.1 Å². The van der Waals surface area contributed by atoms with Crippen LogP contribution < -0.4 is 20.2 Å². The summed E-state index contributed by atoms with van der Waals surface area (Å²) in [6.45, 7) is 0. The molecule has 0 aliphatic heterocycles. The Morgan fingerprint density at radius 2 is 1.87 bits per heavy atom. The second-order valence-electron chi connectivity index (χ2n) is 4.41. The highest BCUT2D eigenvalue weighted by atomic mass is 79.9. The molecule has 0 unspecified atom stereocenters. The van der Waals surface area contributed by atoms with Gasteiger partial charge in [-0.05, 0) is 42.5 Å². The van der Waals surface area contributed by atoms with Crippen molar-refractivity contribution in [1.29, 1.82) is 0 Å². The van der Waals surface area contributed by atoms with Gasteiger partial charge in [0.1, 0.15) is 11.5 Å². The number of thiocarbonyl (C=S) groups is 1. The molecule has 0 bridgehead atoms. The molecule has 2 aromatic carbocycles. The third kappa shape index (κ3) is 4.94. The Labute approximate surface area is 148 Å². The van der Waals surface area contributed by atoms with Crippen LogP contribution in [0.25, 0.3) is 0 Å². The van der Waals surface area contributed by atoms with Crippen LogP contribution in [0.2, 0.25) is 0 Å². The van der Waals surface area contributed by atoms with Crippen molar-refractivity contribution in [2.45, 2.75) is 0 Å². The lowest BCUT2D eigenvalue weighted by atomic mass is 10.2. The highest BCUT2D eigenvalue weighted by Crippen LogP contribution is 2.23. The maximum atomic E-state index is 5.28. The normalized spacial score (nSPS) is 10.4. The van der Waals surface area contributed by atoms with E-state index in [1.165, 1.54) is 0 Å². The van der Waals surface area contributed by atoms with E-state index in [9.17, 15) is 0 Å². The number of rotatable bonds is 5. The van der Waals surface area contributed by atoms with Gasteiger partial charge in [-0.3, -0.25) is 5.43 Å². The third-order valence-corrected chi connectivity index (χ3v) is 3.60. The van der Waals surface area contributed by atoms with E-state index in [-0.39, 0.29) is 0 Å². The van der Waals surface area contributed by atoms with Crippen molar-refractivity contribution >= 4 is 45.2 Å². The van der Waals surface area contributed by atoms with Gasteiger partial charge in [-0.15, -0.1) is 0 Å². The molecule has 0 amide bonds. The average molecular weight is 394 g/mol. The van der Waals surface area contributed by atoms with Gasteiger partial charge in [0.15, 0.2) is 5.11 Å². The Hall–Kier alpha value is -2.12. The topological polar surface area (TPSA) is 54.9 Å². The second-order valence-corrected chi connectivity index (χ2v) is 5.73. The molecule has 0 fully saturated rings. The largest absolute Gasteiger partial charge is 0.496 e. The standard InChI is InChI=1S/C16H16BrN3O2S/c1-21-14-8-7-12(17)9-11(14)10-18-20-16(23)19-13-5-3-4-6-15(13)22-2/h3-10H,1-2H3,(H2,19,20,23)/b18-10-. The molecule has 0 saturated heterocycles. The lowest BCUT2D eigenvalue weighted by molar-refractivity contribution is 0.414. The predicted molar refractivity (Wildman–Crippen MR) is 101 cm³/mol. The van der Waals surface area contributed by atoms with E-state index in [1.54, 1.807) is 20.4 Å². The molecule has 0 radical (unpaired) electrons. The van der Waals surface area contributed by atoms with Gasteiger partial charge in [0, 0.05) is 10.0 Å². The lowest BCUT2D eigenvalue weighted by Gasteiger charge is -2.11. The molecule has 23 heavy (non-hydrogen) atoms. The first-order valence-electron chi connectivity index (χ1n) is 6.70. The minimum absolute atomic E-state index is 0.361. The molecule has 0 aromatic heterocycles. The fourth-order valence-corrected chi connectivity index (χ4v) is 2.41. The molecule has 0 atom stereocenters. The van der Waals surface area contributed by atoms with E-state index in [0.717, 1.165) is 21.5 Å². The van der Waals surface area contributed by atoms with E-state index in [4.69, 9.17) is 21.7 Å². The number of para-hydroxylation sites is 2. The summed E-state index contributed by atoms with van der Waals surface area (Å²) in [5.41, 5.74) is 4.36. The summed E-state index contributed by atoms with van der Waals surface area (Å²) in [5.74, 6) is 1.43. The number of nitrogens with one attached hydrogen (secondary N) is 2. The summed E-state index contributed by atoms with van der Waals surface area (Å²) in [6, 6.07) is 13.2. The zero-order chi connectivity index (χ0) is 16.7. The van der Waals surface area contributed by atoms with Crippen LogP contribution in [-0.4, -0.2) is 25.5 Å². The first-order chi connectivity index (χ1) is 11.1. The van der Waals surface area contributed by atoms with Crippen LogP contribution in [0.15, 0.2) is 52.0 Å². The van der Waals surface area contributed by atoms with Gasteiger partial charge in [-0.1, -0.05) is 28.1 Å². The highest BCUT2D eigenvalue weighted by Gasteiger charge is 2.03. The Balaban J connectivity index is 2.00. The van der Waals surface area contributed by atoms with E-state index in [2.05, 4.69) is 31.8 Å². The maximum absolute atomic E-state index is 5.28. The fourth-order valence-electron chi connectivity index (χ4n) is 1.86. The van der Waals surface area contributed by atoms with E-state index >= 15 is 0 Å². The molecular formula is C16H16BrN3O2S. The molecule has 0 heterocycles. The van der Waals surface area contributed by atoms with E-state index in [1.807, 2.05) is 42.5 Å². The Bertz CT molecular complexity index is 722. The van der Waals surface area contributed by atoms with Crippen molar-refractivity contribution in [3.63, 3.8) is 0 Å². The van der Waals surface area contributed by atoms with Crippen LogP contribution in [0.1, 0.15) is 5.56 Å². The van der Waals surface area contributed by atoms with Crippen molar-refractivity contribution in [3.8, 4) is 11.5 Å². The number of benzene rings is 2. The molecule has 2 N–H and O–H groups in total. The molecule has 0 aliphatic carbocycles. The van der Waals surface area contributed by atoms with Crippen LogP contribution in [0.5, 0.6) is 11.5 Å². The van der Waals surface area contributed by atoms with Crippen LogP contribution in [0.3, 0.4) is 0 Å². The molecule has 2 rings (SSSR count). The predicted octanol–water partition coefficient (Wildman–Crippen LogP) is 3.79. The number of nitrogens with zero attached hydrogens (tertiary/aromatic N) is 1. The molecule has 7 heteroatoms.